The van der Waals surface area contributed by atoms with E-state index in [0.717, 1.165) is 22.4 Å². The number of hydrazine groups is 1. The number of hydrogen-bond donors (Lipinski definition) is 4. The normalized spacial score (nSPS) is 13.8. The number of aliphatic hydroxyl groups is 1. The van der Waals surface area contributed by atoms with Crippen LogP contribution in [-0.4, -0.2) is 58.9 Å². The zero-order valence-electron chi connectivity index (χ0n) is 23.0. The highest BCUT2D eigenvalue weighted by Gasteiger charge is 2.34. The van der Waals surface area contributed by atoms with Crippen LogP contribution in [-0.2, 0) is 22.5 Å². The molecule has 0 saturated carbocycles. The second-order valence-corrected chi connectivity index (χ2v) is 10.6. The van der Waals surface area contributed by atoms with E-state index in [2.05, 4.69) is 15.7 Å². The van der Waals surface area contributed by atoms with E-state index in [1.165, 1.54) is 7.11 Å². The van der Waals surface area contributed by atoms with Gasteiger partial charge in [-0.3, -0.25) is 15.2 Å². The van der Waals surface area contributed by atoms with Gasteiger partial charge in [0.05, 0.1) is 18.9 Å². The van der Waals surface area contributed by atoms with Gasteiger partial charge in [-0.25, -0.2) is 9.80 Å². The Morgan fingerprint density at radius 1 is 1.00 bits per heavy atom. The first kappa shape index (κ1) is 29.8. The molecule has 2 amide bonds. The molecule has 3 atom stereocenters. The fourth-order valence-electron chi connectivity index (χ4n) is 4.14. The Balaban J connectivity index is 1.78. The molecule has 0 bridgehead atoms. The van der Waals surface area contributed by atoms with Crippen molar-refractivity contribution < 1.29 is 19.4 Å². The standard InChI is InChI=1S/C30H39N5O4/c1-30(2,3)27(33-29(38)39-4)28(37)34-35(20-26(36)24(31)18-21-10-6-5-7-11-21)19-22-13-15-23(16-14-22)25-12-8-9-17-32-25/h5-17,24,26-27,36H,18-20,31H2,1-4H3,(H,33,38)(H,34,37)/t24?,26-,27+/m0/s1. The van der Waals surface area contributed by atoms with Gasteiger partial charge in [0, 0.05) is 30.9 Å². The SMILES string of the molecule is COC(=O)N[C@H](C(=O)NN(Cc1ccc(-c2ccccn2)cc1)C[C@H](O)C(N)Cc1ccccc1)C(C)(C)C. The third kappa shape index (κ3) is 9.17. The maximum Gasteiger partial charge on any atom is 0.407 e. The number of nitrogens with zero attached hydrogens (tertiary/aromatic N) is 2. The lowest BCUT2D eigenvalue weighted by molar-refractivity contribution is -0.131. The second-order valence-electron chi connectivity index (χ2n) is 10.6. The number of benzene rings is 2. The number of nitrogens with one attached hydrogen (secondary N) is 2. The Hall–Kier alpha value is -3.79. The van der Waals surface area contributed by atoms with Gasteiger partial charge in [0.15, 0.2) is 0 Å². The monoisotopic (exact) mass is 533 g/mol. The Morgan fingerprint density at radius 2 is 1.67 bits per heavy atom. The topological polar surface area (TPSA) is 130 Å². The predicted molar refractivity (Wildman–Crippen MR) is 151 cm³/mol. The van der Waals surface area contributed by atoms with E-state index in [1.54, 1.807) is 11.2 Å². The van der Waals surface area contributed by atoms with Crippen molar-refractivity contribution in [3.8, 4) is 11.3 Å². The summed E-state index contributed by atoms with van der Waals surface area (Å²) in [6.45, 7) is 5.92. The van der Waals surface area contributed by atoms with Gasteiger partial charge in [0.25, 0.3) is 5.91 Å². The van der Waals surface area contributed by atoms with E-state index in [4.69, 9.17) is 10.5 Å². The molecule has 3 aromatic rings. The number of alkyl carbamates (subject to hydrolysis) is 1. The number of aromatic nitrogens is 1. The van der Waals surface area contributed by atoms with E-state index in [0.29, 0.717) is 13.0 Å². The molecular weight excluding hydrogens is 494 g/mol. The number of methoxy groups -OCH3 is 1. The number of carbonyl (C=O) groups is 2. The fraction of sp³-hybridized carbons (Fsp3) is 0.367. The number of nitrogens with two attached hydrogens (primary N) is 1. The summed E-state index contributed by atoms with van der Waals surface area (Å²) in [5.41, 5.74) is 12.4. The molecule has 9 heteroatoms. The van der Waals surface area contributed by atoms with Crippen LogP contribution >= 0.6 is 0 Å². The summed E-state index contributed by atoms with van der Waals surface area (Å²) in [5.74, 6) is -0.429. The van der Waals surface area contributed by atoms with Crippen molar-refractivity contribution in [2.45, 2.75) is 51.9 Å². The van der Waals surface area contributed by atoms with Gasteiger partial charge >= 0.3 is 6.09 Å². The molecule has 1 unspecified atom stereocenters. The Bertz CT molecular complexity index is 1180. The summed E-state index contributed by atoms with van der Waals surface area (Å²) >= 11 is 0. The zero-order valence-corrected chi connectivity index (χ0v) is 23.0. The van der Waals surface area contributed by atoms with Crippen molar-refractivity contribution in [2.75, 3.05) is 13.7 Å². The zero-order chi connectivity index (χ0) is 28.4. The van der Waals surface area contributed by atoms with Crippen molar-refractivity contribution >= 4 is 12.0 Å². The lowest BCUT2D eigenvalue weighted by Gasteiger charge is -2.34. The maximum absolute atomic E-state index is 13.4. The first-order chi connectivity index (χ1) is 18.6. The maximum atomic E-state index is 13.4. The Kier molecular flexibility index (Phi) is 10.6. The van der Waals surface area contributed by atoms with Crippen molar-refractivity contribution in [3.63, 3.8) is 0 Å². The van der Waals surface area contributed by atoms with Crippen LogP contribution in [0.25, 0.3) is 11.3 Å². The van der Waals surface area contributed by atoms with Crippen LogP contribution in [0.1, 0.15) is 31.9 Å². The fourth-order valence-corrected chi connectivity index (χ4v) is 4.14. The van der Waals surface area contributed by atoms with Crippen LogP contribution < -0.4 is 16.5 Å². The molecule has 0 radical (unpaired) electrons. The van der Waals surface area contributed by atoms with Crippen molar-refractivity contribution in [1.29, 1.82) is 0 Å². The first-order valence-electron chi connectivity index (χ1n) is 12.9. The third-order valence-corrected chi connectivity index (χ3v) is 6.35. The molecule has 0 aliphatic rings. The van der Waals surface area contributed by atoms with Crippen LogP contribution in [0.2, 0.25) is 0 Å². The number of pyridine rings is 1. The summed E-state index contributed by atoms with van der Waals surface area (Å²) in [5, 5.41) is 15.2. The van der Waals surface area contributed by atoms with Crippen molar-refractivity contribution in [2.24, 2.45) is 11.1 Å². The summed E-state index contributed by atoms with van der Waals surface area (Å²) < 4.78 is 4.72. The molecule has 1 aromatic heterocycles. The molecular formula is C30H39N5O4. The van der Waals surface area contributed by atoms with E-state index in [-0.39, 0.29) is 6.54 Å². The second kappa shape index (κ2) is 13.8. The van der Waals surface area contributed by atoms with Gasteiger partial charge < -0.3 is 20.9 Å². The summed E-state index contributed by atoms with van der Waals surface area (Å²) in [7, 11) is 1.25. The smallest absolute Gasteiger partial charge is 0.407 e. The minimum absolute atomic E-state index is 0.0802. The van der Waals surface area contributed by atoms with Gasteiger partial charge in [-0.05, 0) is 35.1 Å². The lowest BCUT2D eigenvalue weighted by Crippen LogP contribution is -2.58. The molecule has 1 heterocycles. The van der Waals surface area contributed by atoms with Gasteiger partial charge in [-0.15, -0.1) is 0 Å². The summed E-state index contributed by atoms with van der Waals surface area (Å²) in [6.07, 6.45) is 0.595. The van der Waals surface area contributed by atoms with Gasteiger partial charge in [0.2, 0.25) is 0 Å². The van der Waals surface area contributed by atoms with Gasteiger partial charge in [0.1, 0.15) is 6.04 Å². The van der Waals surface area contributed by atoms with E-state index in [1.807, 2.05) is 93.6 Å². The average Bonchev–Trinajstić information content (AvgIpc) is 2.92. The largest absolute Gasteiger partial charge is 0.453 e. The van der Waals surface area contributed by atoms with Crippen LogP contribution in [0.3, 0.4) is 0 Å². The van der Waals surface area contributed by atoms with Crippen LogP contribution in [0.5, 0.6) is 0 Å². The van der Waals surface area contributed by atoms with E-state index in [9.17, 15) is 14.7 Å². The van der Waals surface area contributed by atoms with Crippen LogP contribution in [0.15, 0.2) is 79.0 Å². The molecule has 39 heavy (non-hydrogen) atoms. The van der Waals surface area contributed by atoms with E-state index >= 15 is 0 Å². The Labute approximate surface area is 230 Å². The molecule has 5 N–H and O–H groups in total. The molecule has 208 valence electrons. The minimum atomic E-state index is -0.931. The third-order valence-electron chi connectivity index (χ3n) is 6.35. The molecule has 2 aromatic carbocycles. The van der Waals surface area contributed by atoms with Crippen LogP contribution in [0, 0.1) is 5.41 Å². The minimum Gasteiger partial charge on any atom is -0.453 e. The Morgan fingerprint density at radius 3 is 2.26 bits per heavy atom. The molecule has 0 fully saturated rings. The molecule has 9 nitrogen and oxygen atoms in total. The number of rotatable bonds is 11. The van der Waals surface area contributed by atoms with Gasteiger partial charge in [-0.2, -0.15) is 0 Å². The number of amides is 2. The highest BCUT2D eigenvalue weighted by molar-refractivity contribution is 5.86. The molecule has 0 saturated heterocycles. The van der Waals surface area contributed by atoms with E-state index < -0.39 is 35.6 Å². The predicted octanol–water partition coefficient (Wildman–Crippen LogP) is 3.28. The number of carbonyl (C=O) groups excluding carboxylic acids is 2. The molecule has 3 rings (SSSR count). The summed E-state index contributed by atoms with van der Waals surface area (Å²) in [6, 6.07) is 21.8. The molecule has 0 aliphatic heterocycles. The van der Waals surface area contributed by atoms with Crippen molar-refractivity contribution in [1.82, 2.24) is 20.7 Å². The quantitative estimate of drug-likeness (QED) is 0.278. The first-order valence-corrected chi connectivity index (χ1v) is 12.9. The molecule has 0 spiro atoms. The lowest BCUT2D eigenvalue weighted by atomic mass is 9.86. The number of aliphatic hydroxyl groups excluding tert-OH is 1. The average molecular weight is 534 g/mol. The summed E-state index contributed by atoms with van der Waals surface area (Å²) in [4.78, 5) is 29.7. The number of hydrogen-bond acceptors (Lipinski definition) is 7. The highest BCUT2D eigenvalue weighted by Crippen LogP contribution is 2.21. The van der Waals surface area contributed by atoms with Gasteiger partial charge in [-0.1, -0.05) is 81.4 Å². The molecule has 0 aliphatic carbocycles. The van der Waals surface area contributed by atoms with Crippen molar-refractivity contribution in [3.05, 3.63) is 90.1 Å². The number of ether oxygens (including phenoxy) is 1. The van der Waals surface area contributed by atoms with Crippen LogP contribution in [0.4, 0.5) is 4.79 Å². The highest BCUT2D eigenvalue weighted by atomic mass is 16.5.